The zero-order valence-electron chi connectivity index (χ0n) is 19.1. The Morgan fingerprint density at radius 1 is 1.07 bits per heavy atom. The molecule has 0 aliphatic heterocycles. The first-order valence-electron chi connectivity index (χ1n) is 10.7. The summed E-state index contributed by atoms with van der Waals surface area (Å²) in [6.07, 6.45) is 2.75. The Kier molecular flexibility index (Phi) is 13.8. The average molecular weight is 417 g/mol. The van der Waals surface area contributed by atoms with Gasteiger partial charge in [0.1, 0.15) is 25.8 Å². The van der Waals surface area contributed by atoms with Crippen molar-refractivity contribution in [1.29, 1.82) is 0 Å². The topological polar surface area (TPSA) is 82.1 Å². The van der Waals surface area contributed by atoms with Crippen LogP contribution in [0.3, 0.4) is 0 Å². The molecule has 0 spiro atoms. The summed E-state index contributed by atoms with van der Waals surface area (Å²) in [6, 6.07) is 0. The molecule has 0 saturated carbocycles. The number of ether oxygens (including phenoxy) is 3. The van der Waals surface area contributed by atoms with E-state index in [4.69, 9.17) is 14.2 Å². The Balaban J connectivity index is 4.23. The van der Waals surface area contributed by atoms with Gasteiger partial charge in [-0.1, -0.05) is 13.5 Å². The van der Waals surface area contributed by atoms with Crippen LogP contribution in [0, 0.1) is 5.41 Å². The molecule has 0 aromatic rings. The van der Waals surface area contributed by atoms with Gasteiger partial charge in [0.25, 0.3) is 0 Å². The van der Waals surface area contributed by atoms with Gasteiger partial charge in [0.05, 0.1) is 31.7 Å². The second-order valence-electron chi connectivity index (χ2n) is 8.06. The summed E-state index contributed by atoms with van der Waals surface area (Å²) >= 11 is 0. The fraction of sp³-hybridized carbons (Fsp3) is 0.818. The average Bonchev–Trinajstić information content (AvgIpc) is 2.71. The fourth-order valence-electron chi connectivity index (χ4n) is 2.82. The van der Waals surface area contributed by atoms with Gasteiger partial charge in [0, 0.05) is 12.7 Å². The maximum atomic E-state index is 12.2. The van der Waals surface area contributed by atoms with Crippen molar-refractivity contribution in [3.8, 4) is 0 Å². The van der Waals surface area contributed by atoms with Crippen LogP contribution in [-0.4, -0.2) is 80.2 Å². The molecule has 7 heteroatoms. The number of aliphatic hydroxyl groups excluding tert-OH is 1. The third kappa shape index (κ3) is 11.4. The molecular formula is C22H42NO6+. The zero-order valence-corrected chi connectivity index (χ0v) is 19.1. The molecule has 0 bridgehead atoms. The molecule has 0 rings (SSSR count). The minimum atomic E-state index is -0.587. The van der Waals surface area contributed by atoms with Gasteiger partial charge >= 0.3 is 11.9 Å². The van der Waals surface area contributed by atoms with E-state index in [1.54, 1.807) is 0 Å². The highest BCUT2D eigenvalue weighted by Crippen LogP contribution is 2.21. The normalized spacial score (nSPS) is 13.0. The van der Waals surface area contributed by atoms with Crippen LogP contribution >= 0.6 is 0 Å². The first-order valence-corrected chi connectivity index (χ1v) is 10.7. The molecule has 0 saturated heterocycles. The van der Waals surface area contributed by atoms with E-state index >= 15 is 0 Å². The largest absolute Gasteiger partial charge is 0.463 e. The van der Waals surface area contributed by atoms with Crippen LogP contribution in [0.25, 0.3) is 0 Å². The van der Waals surface area contributed by atoms with Crippen LogP contribution in [0.1, 0.15) is 53.9 Å². The van der Waals surface area contributed by atoms with Crippen LogP contribution in [-0.2, 0) is 23.8 Å². The molecule has 0 amide bonds. The smallest absolute Gasteiger partial charge is 0.330 e. The number of carbonyl (C=O) groups is 2. The van der Waals surface area contributed by atoms with Crippen molar-refractivity contribution in [2.45, 2.75) is 60.0 Å². The molecule has 0 fully saturated rings. The van der Waals surface area contributed by atoms with Gasteiger partial charge in [0.2, 0.25) is 0 Å². The second kappa shape index (κ2) is 14.5. The van der Waals surface area contributed by atoms with Gasteiger partial charge in [-0.3, -0.25) is 4.79 Å². The first kappa shape index (κ1) is 27.6. The van der Waals surface area contributed by atoms with Crippen LogP contribution in [0.5, 0.6) is 0 Å². The monoisotopic (exact) mass is 416 g/mol. The van der Waals surface area contributed by atoms with Gasteiger partial charge < -0.3 is 23.8 Å². The zero-order chi connectivity index (χ0) is 22.3. The molecule has 29 heavy (non-hydrogen) atoms. The summed E-state index contributed by atoms with van der Waals surface area (Å²) in [7, 11) is 0. The Bertz CT molecular complexity index is 488. The van der Waals surface area contributed by atoms with E-state index < -0.39 is 17.5 Å². The number of aliphatic hydroxyl groups is 1. The van der Waals surface area contributed by atoms with E-state index in [0.29, 0.717) is 43.8 Å². The summed E-state index contributed by atoms with van der Waals surface area (Å²) in [5.74, 6) is -0.591. The lowest BCUT2D eigenvalue weighted by Crippen LogP contribution is -2.54. The molecule has 170 valence electrons. The Morgan fingerprint density at radius 3 is 2.24 bits per heavy atom. The summed E-state index contributed by atoms with van der Waals surface area (Å²) < 4.78 is 16.6. The molecule has 7 nitrogen and oxygen atoms in total. The summed E-state index contributed by atoms with van der Waals surface area (Å²) in [6.45, 7) is 17.6. The van der Waals surface area contributed by atoms with Gasteiger partial charge in [0.15, 0.2) is 0 Å². The van der Waals surface area contributed by atoms with Gasteiger partial charge in [-0.2, -0.15) is 0 Å². The highest BCUT2D eigenvalue weighted by Gasteiger charge is 2.30. The van der Waals surface area contributed by atoms with E-state index in [-0.39, 0.29) is 12.6 Å². The highest BCUT2D eigenvalue weighted by atomic mass is 16.5. The molecule has 1 unspecified atom stereocenters. The standard InChI is InChI=1S/C22H42NO6/c1-7-20(25)28-15-12-11-14-27-18-19(24)17-23(9-3,10-4)13-16-29-21(26)22(5,6)8-2/h7,19,24H,1,8-18H2,2-6H3/q+1. The minimum absolute atomic E-state index is 0.173. The van der Waals surface area contributed by atoms with E-state index in [1.165, 1.54) is 0 Å². The molecule has 1 N–H and O–H groups in total. The van der Waals surface area contributed by atoms with Crippen LogP contribution in [0.2, 0.25) is 0 Å². The third-order valence-corrected chi connectivity index (χ3v) is 5.58. The first-order chi connectivity index (χ1) is 13.7. The molecule has 0 aromatic heterocycles. The van der Waals surface area contributed by atoms with E-state index in [1.807, 2.05) is 20.8 Å². The van der Waals surface area contributed by atoms with E-state index in [0.717, 1.165) is 32.0 Å². The number of unbranched alkanes of at least 4 members (excludes halogenated alkanes) is 1. The predicted octanol–water partition coefficient (Wildman–Crippen LogP) is 2.71. The molecular weight excluding hydrogens is 374 g/mol. The lowest BCUT2D eigenvalue weighted by atomic mass is 9.91. The number of nitrogens with zero attached hydrogens (tertiary/aromatic N) is 1. The van der Waals surface area contributed by atoms with Gasteiger partial charge in [-0.05, 0) is 47.0 Å². The summed E-state index contributed by atoms with van der Waals surface area (Å²) in [5.41, 5.74) is -0.467. The van der Waals surface area contributed by atoms with Crippen molar-refractivity contribution in [2.75, 3.05) is 52.6 Å². The maximum absolute atomic E-state index is 12.2. The molecule has 0 aliphatic rings. The van der Waals surface area contributed by atoms with Crippen molar-refractivity contribution in [1.82, 2.24) is 0 Å². The number of carbonyl (C=O) groups excluding carboxylic acids is 2. The molecule has 0 radical (unpaired) electrons. The van der Waals surface area contributed by atoms with Crippen molar-refractivity contribution >= 4 is 11.9 Å². The van der Waals surface area contributed by atoms with Crippen molar-refractivity contribution in [3.63, 3.8) is 0 Å². The highest BCUT2D eigenvalue weighted by molar-refractivity contribution is 5.81. The van der Waals surface area contributed by atoms with Gasteiger partial charge in [-0.15, -0.1) is 0 Å². The predicted molar refractivity (Wildman–Crippen MR) is 113 cm³/mol. The maximum Gasteiger partial charge on any atom is 0.330 e. The van der Waals surface area contributed by atoms with Crippen LogP contribution in [0.15, 0.2) is 12.7 Å². The number of rotatable bonds is 17. The SMILES string of the molecule is C=CC(=O)OCCCCOCC(O)C[N+](CC)(CC)CCOC(=O)C(C)(C)CC. The fourth-order valence-corrected chi connectivity index (χ4v) is 2.82. The quantitative estimate of drug-likeness (QED) is 0.170. The van der Waals surface area contributed by atoms with Crippen molar-refractivity contribution in [2.24, 2.45) is 5.41 Å². The number of likely N-dealkylation sites (N-methyl/N-ethyl adjacent to an activating group) is 1. The second-order valence-corrected chi connectivity index (χ2v) is 8.06. The van der Waals surface area contributed by atoms with Gasteiger partial charge in [-0.25, -0.2) is 4.79 Å². The van der Waals surface area contributed by atoms with E-state index in [9.17, 15) is 14.7 Å². The molecule has 1 atom stereocenters. The number of hydrogen-bond acceptors (Lipinski definition) is 6. The molecule has 0 heterocycles. The Labute approximate surface area is 176 Å². The Hall–Kier alpha value is -1.44. The van der Waals surface area contributed by atoms with Crippen molar-refractivity contribution < 1.29 is 33.4 Å². The number of quaternary nitrogens is 1. The van der Waals surface area contributed by atoms with Crippen LogP contribution in [0.4, 0.5) is 0 Å². The lowest BCUT2D eigenvalue weighted by molar-refractivity contribution is -0.927. The van der Waals surface area contributed by atoms with Crippen molar-refractivity contribution in [3.05, 3.63) is 12.7 Å². The number of hydrogen-bond donors (Lipinski definition) is 1. The minimum Gasteiger partial charge on any atom is -0.463 e. The Morgan fingerprint density at radius 2 is 1.69 bits per heavy atom. The third-order valence-electron chi connectivity index (χ3n) is 5.58. The summed E-state index contributed by atoms with van der Waals surface area (Å²) in [4.78, 5) is 23.1. The van der Waals surface area contributed by atoms with Crippen LogP contribution < -0.4 is 0 Å². The molecule has 0 aromatic carbocycles. The molecule has 0 aliphatic carbocycles. The lowest BCUT2D eigenvalue weighted by Gasteiger charge is -2.38. The van der Waals surface area contributed by atoms with E-state index in [2.05, 4.69) is 20.4 Å². The number of esters is 2. The summed E-state index contributed by atoms with van der Waals surface area (Å²) in [5, 5.41) is 10.4.